The number of hydrogen-bond acceptors (Lipinski definition) is 4. The van der Waals surface area contributed by atoms with Crippen molar-refractivity contribution in [2.75, 3.05) is 11.9 Å². The van der Waals surface area contributed by atoms with Crippen molar-refractivity contribution >= 4 is 44.7 Å². The Hall–Kier alpha value is -0.650. The summed E-state index contributed by atoms with van der Waals surface area (Å²) in [5.74, 6) is 1.35. The van der Waals surface area contributed by atoms with Crippen molar-refractivity contribution in [1.82, 2.24) is 9.97 Å². The summed E-state index contributed by atoms with van der Waals surface area (Å²) in [5.41, 5.74) is 2.07. The standard InChI is InChI=1S/C12H13BrClN3S/c1-8-16-11(7-18-8)6-17(2)12-9(4-14)3-10(13)5-15-12/h3,5,7H,4,6H2,1-2H3. The average molecular weight is 347 g/mol. The molecule has 18 heavy (non-hydrogen) atoms. The molecule has 0 fully saturated rings. The van der Waals surface area contributed by atoms with E-state index in [1.165, 1.54) is 0 Å². The first-order valence-corrected chi connectivity index (χ1v) is 7.63. The largest absolute Gasteiger partial charge is 0.353 e. The molecule has 2 aromatic rings. The van der Waals surface area contributed by atoms with Crippen LogP contribution in [0.5, 0.6) is 0 Å². The Morgan fingerprint density at radius 2 is 2.28 bits per heavy atom. The molecule has 0 N–H and O–H groups in total. The summed E-state index contributed by atoms with van der Waals surface area (Å²) in [6.07, 6.45) is 1.79. The molecule has 0 aromatic carbocycles. The van der Waals surface area contributed by atoms with Crippen LogP contribution in [-0.2, 0) is 12.4 Å². The Morgan fingerprint density at radius 3 is 2.89 bits per heavy atom. The number of nitrogens with zero attached hydrogens (tertiary/aromatic N) is 3. The quantitative estimate of drug-likeness (QED) is 0.784. The molecule has 2 rings (SSSR count). The van der Waals surface area contributed by atoms with E-state index < -0.39 is 0 Å². The number of anilines is 1. The lowest BCUT2D eigenvalue weighted by Gasteiger charge is -2.19. The number of aromatic nitrogens is 2. The van der Waals surface area contributed by atoms with E-state index >= 15 is 0 Å². The van der Waals surface area contributed by atoms with Gasteiger partial charge in [-0.05, 0) is 28.9 Å². The van der Waals surface area contributed by atoms with Gasteiger partial charge in [-0.1, -0.05) is 0 Å². The zero-order valence-corrected chi connectivity index (χ0v) is 13.3. The lowest BCUT2D eigenvalue weighted by atomic mass is 10.2. The summed E-state index contributed by atoms with van der Waals surface area (Å²) < 4.78 is 0.944. The highest BCUT2D eigenvalue weighted by molar-refractivity contribution is 9.10. The Kier molecular flexibility index (Phi) is 4.59. The fraction of sp³-hybridized carbons (Fsp3) is 0.333. The van der Waals surface area contributed by atoms with Gasteiger partial charge in [0.2, 0.25) is 0 Å². The molecule has 2 heterocycles. The molecule has 0 aliphatic carbocycles. The van der Waals surface area contributed by atoms with Gasteiger partial charge >= 0.3 is 0 Å². The van der Waals surface area contributed by atoms with Crippen LogP contribution in [0.15, 0.2) is 22.1 Å². The van der Waals surface area contributed by atoms with Crippen molar-refractivity contribution < 1.29 is 0 Å². The third-order valence-corrected chi connectivity index (χ3v) is 4.02. The minimum atomic E-state index is 0.447. The van der Waals surface area contributed by atoms with E-state index in [4.69, 9.17) is 11.6 Å². The fourth-order valence-electron chi connectivity index (χ4n) is 1.71. The SMILES string of the molecule is Cc1nc(CN(C)c2ncc(Br)cc2CCl)cs1. The number of thiazole rings is 1. The smallest absolute Gasteiger partial charge is 0.133 e. The summed E-state index contributed by atoms with van der Waals surface area (Å²) in [7, 11) is 2.00. The maximum Gasteiger partial charge on any atom is 0.133 e. The second-order valence-electron chi connectivity index (χ2n) is 3.98. The summed E-state index contributed by atoms with van der Waals surface area (Å²) in [4.78, 5) is 10.9. The van der Waals surface area contributed by atoms with Crippen LogP contribution >= 0.6 is 38.9 Å². The number of alkyl halides is 1. The number of aryl methyl sites for hydroxylation is 1. The second-order valence-corrected chi connectivity index (χ2v) is 6.23. The van der Waals surface area contributed by atoms with Crippen LogP contribution in [0.1, 0.15) is 16.3 Å². The molecule has 0 aliphatic heterocycles. The number of pyridine rings is 1. The first-order chi connectivity index (χ1) is 8.60. The molecular formula is C12H13BrClN3S. The highest BCUT2D eigenvalue weighted by atomic mass is 79.9. The average Bonchev–Trinajstić information content (AvgIpc) is 2.74. The molecule has 0 radical (unpaired) electrons. The van der Waals surface area contributed by atoms with Crippen molar-refractivity contribution in [2.24, 2.45) is 0 Å². The van der Waals surface area contributed by atoms with E-state index in [2.05, 4.69) is 36.2 Å². The molecule has 0 aliphatic rings. The molecule has 3 nitrogen and oxygen atoms in total. The van der Waals surface area contributed by atoms with Crippen molar-refractivity contribution in [3.63, 3.8) is 0 Å². The van der Waals surface area contributed by atoms with Crippen molar-refractivity contribution in [2.45, 2.75) is 19.3 Å². The Labute approximate surface area is 124 Å². The summed E-state index contributed by atoms with van der Waals surface area (Å²) in [6, 6.07) is 2.00. The molecule has 96 valence electrons. The number of hydrogen-bond donors (Lipinski definition) is 0. The number of rotatable bonds is 4. The van der Waals surface area contributed by atoms with Crippen molar-refractivity contribution in [3.8, 4) is 0 Å². The van der Waals surface area contributed by atoms with Crippen LogP contribution in [0.25, 0.3) is 0 Å². The summed E-state index contributed by atoms with van der Waals surface area (Å²) in [6.45, 7) is 2.75. The van der Waals surface area contributed by atoms with Gasteiger partial charge in [0, 0.05) is 28.7 Å². The van der Waals surface area contributed by atoms with Crippen molar-refractivity contribution in [3.05, 3.63) is 38.4 Å². The first kappa shape index (κ1) is 13.8. The normalized spacial score (nSPS) is 10.7. The predicted octanol–water partition coefficient (Wildman–Crippen LogP) is 3.98. The molecule has 0 unspecified atom stereocenters. The van der Waals surface area contributed by atoms with Crippen LogP contribution in [0.3, 0.4) is 0 Å². The highest BCUT2D eigenvalue weighted by Gasteiger charge is 2.11. The minimum Gasteiger partial charge on any atom is -0.353 e. The maximum atomic E-state index is 5.95. The molecule has 0 saturated carbocycles. The van der Waals surface area contributed by atoms with Gasteiger partial charge in [-0.2, -0.15) is 0 Å². The second kappa shape index (κ2) is 5.99. The van der Waals surface area contributed by atoms with E-state index in [1.807, 2.05) is 20.0 Å². The summed E-state index contributed by atoms with van der Waals surface area (Å²) in [5, 5.41) is 3.16. The van der Waals surface area contributed by atoms with Crippen LogP contribution in [0.4, 0.5) is 5.82 Å². The lowest BCUT2D eigenvalue weighted by Crippen LogP contribution is -2.19. The molecule has 0 saturated heterocycles. The third kappa shape index (κ3) is 3.22. The Balaban J connectivity index is 2.20. The lowest BCUT2D eigenvalue weighted by molar-refractivity contribution is 0.862. The first-order valence-electron chi connectivity index (χ1n) is 5.42. The van der Waals surface area contributed by atoms with Gasteiger partial charge in [0.05, 0.1) is 23.1 Å². The van der Waals surface area contributed by atoms with E-state index in [0.29, 0.717) is 5.88 Å². The van der Waals surface area contributed by atoms with Gasteiger partial charge in [-0.3, -0.25) is 0 Å². The number of halogens is 2. The van der Waals surface area contributed by atoms with E-state index in [-0.39, 0.29) is 0 Å². The van der Waals surface area contributed by atoms with Gasteiger partial charge in [0.1, 0.15) is 5.82 Å². The van der Waals surface area contributed by atoms with Crippen LogP contribution in [0.2, 0.25) is 0 Å². The molecular weight excluding hydrogens is 334 g/mol. The van der Waals surface area contributed by atoms with Crippen LogP contribution in [0, 0.1) is 6.92 Å². The maximum absolute atomic E-state index is 5.95. The molecule has 0 bridgehead atoms. The van der Waals surface area contributed by atoms with Gasteiger partial charge in [-0.15, -0.1) is 22.9 Å². The Bertz CT molecular complexity index is 544. The fourth-order valence-corrected chi connectivity index (χ4v) is 2.89. The monoisotopic (exact) mass is 345 g/mol. The van der Waals surface area contributed by atoms with Gasteiger partial charge in [-0.25, -0.2) is 9.97 Å². The molecule has 0 spiro atoms. The molecule has 0 atom stereocenters. The molecule has 0 amide bonds. The zero-order valence-electron chi connectivity index (χ0n) is 10.2. The van der Waals surface area contributed by atoms with Crippen LogP contribution < -0.4 is 4.90 Å². The van der Waals surface area contributed by atoms with E-state index in [0.717, 1.165) is 33.1 Å². The highest BCUT2D eigenvalue weighted by Crippen LogP contribution is 2.23. The van der Waals surface area contributed by atoms with E-state index in [1.54, 1.807) is 17.5 Å². The summed E-state index contributed by atoms with van der Waals surface area (Å²) >= 11 is 11.0. The molecule has 2 aromatic heterocycles. The van der Waals surface area contributed by atoms with Crippen LogP contribution in [-0.4, -0.2) is 17.0 Å². The van der Waals surface area contributed by atoms with Crippen molar-refractivity contribution in [1.29, 1.82) is 0 Å². The topological polar surface area (TPSA) is 29.0 Å². The predicted molar refractivity (Wildman–Crippen MR) is 80.5 cm³/mol. The Morgan fingerprint density at radius 1 is 1.50 bits per heavy atom. The minimum absolute atomic E-state index is 0.447. The van der Waals surface area contributed by atoms with Gasteiger partial charge in [0.15, 0.2) is 0 Å². The zero-order chi connectivity index (χ0) is 13.1. The van der Waals surface area contributed by atoms with Gasteiger partial charge in [0.25, 0.3) is 0 Å². The third-order valence-electron chi connectivity index (χ3n) is 2.48. The van der Waals surface area contributed by atoms with Gasteiger partial charge < -0.3 is 4.90 Å². The van der Waals surface area contributed by atoms with E-state index in [9.17, 15) is 0 Å². The molecule has 6 heteroatoms.